The molecule has 0 radical (unpaired) electrons. The number of azo groups is 1. The lowest BCUT2D eigenvalue weighted by Crippen LogP contribution is -2.34. The highest BCUT2D eigenvalue weighted by atomic mass is 32.2. The first-order valence-electron chi connectivity index (χ1n) is 9.49. The third kappa shape index (κ3) is 4.23. The molecule has 0 bridgehead atoms. The molecule has 2 aromatic carbocycles. The van der Waals surface area contributed by atoms with Gasteiger partial charge < -0.3 is 21.6 Å². The number of sulfonamides is 1. The van der Waals surface area contributed by atoms with Crippen LogP contribution in [0.5, 0.6) is 0 Å². The van der Waals surface area contributed by atoms with E-state index in [4.69, 9.17) is 16.6 Å². The average molecular weight is 493 g/mol. The van der Waals surface area contributed by atoms with E-state index in [2.05, 4.69) is 25.2 Å². The highest BCUT2D eigenvalue weighted by molar-refractivity contribution is 7.93. The number of aromatic nitrogens is 2. The summed E-state index contributed by atoms with van der Waals surface area (Å²) in [6.45, 7) is -0.677. The summed E-state index contributed by atoms with van der Waals surface area (Å²) in [4.78, 5) is 9.98. The van der Waals surface area contributed by atoms with Crippen LogP contribution in [0.1, 0.15) is 5.56 Å². The summed E-state index contributed by atoms with van der Waals surface area (Å²) in [5, 5.41) is 22.4. The Kier molecular flexibility index (Phi) is 5.75. The van der Waals surface area contributed by atoms with Crippen molar-refractivity contribution in [3.8, 4) is 11.1 Å². The number of rotatable bonds is 7. The fourth-order valence-electron chi connectivity index (χ4n) is 3.59. The molecule has 13 nitrogen and oxygen atoms in total. The molecule has 1 aliphatic heterocycles. The number of aliphatic imine (C=N–C) groups is 1. The maximum absolute atomic E-state index is 13.1. The number of hydrogen-bond donors (Lipinski definition) is 5. The smallest absolute Gasteiger partial charge is 0.240 e. The molecule has 0 fully saturated rings. The molecular formula is C18H20N8O5S2. The number of aliphatic hydroxyl groups excluding tert-OH is 1. The van der Waals surface area contributed by atoms with Gasteiger partial charge in [0.05, 0.1) is 33.9 Å². The summed E-state index contributed by atoms with van der Waals surface area (Å²) in [5.74, 6) is -0.664. The number of amidine groups is 1. The number of aromatic amines is 1. The van der Waals surface area contributed by atoms with Gasteiger partial charge in [-0.15, -0.1) is 5.11 Å². The number of fused-ring (bicyclic) bond motifs is 1. The van der Waals surface area contributed by atoms with E-state index in [1.54, 1.807) is 18.2 Å². The Morgan fingerprint density at radius 1 is 1.12 bits per heavy atom. The number of hydrogen-bond acceptors (Lipinski definition) is 11. The first kappa shape index (κ1) is 22.9. The van der Waals surface area contributed by atoms with Crippen LogP contribution in [0.2, 0.25) is 0 Å². The Morgan fingerprint density at radius 2 is 1.88 bits per heavy atom. The maximum Gasteiger partial charge on any atom is 0.240 e. The zero-order valence-corrected chi connectivity index (χ0v) is 18.6. The normalized spacial score (nSPS) is 15.2. The summed E-state index contributed by atoms with van der Waals surface area (Å²) in [6.07, 6.45) is 0. The number of anilines is 1. The third-order valence-corrected chi connectivity index (χ3v) is 7.90. The van der Waals surface area contributed by atoms with Crippen LogP contribution in [0.4, 0.5) is 5.95 Å². The van der Waals surface area contributed by atoms with Gasteiger partial charge in [-0.2, -0.15) is 5.11 Å². The largest absolute Gasteiger partial charge is 0.395 e. The number of nitrogens with one attached hydrogen (secondary N) is 1. The van der Waals surface area contributed by atoms with Crippen molar-refractivity contribution in [1.82, 2.24) is 9.97 Å². The van der Waals surface area contributed by atoms with E-state index in [9.17, 15) is 21.9 Å². The number of imidazole rings is 1. The van der Waals surface area contributed by atoms with E-state index in [0.29, 0.717) is 16.6 Å². The van der Waals surface area contributed by atoms with E-state index in [0.717, 1.165) is 6.07 Å². The van der Waals surface area contributed by atoms with Crippen LogP contribution < -0.4 is 16.6 Å². The SMILES string of the molecule is Nc1nc2c(-c3ccc(S(=O)(=O)C[C@H](N)CO)c(S(N)(=O)=O)c3C3=NCN=N3)cccc2[nH]1. The lowest BCUT2D eigenvalue weighted by Gasteiger charge is -2.18. The van der Waals surface area contributed by atoms with E-state index < -0.39 is 48.1 Å². The molecule has 0 aliphatic carbocycles. The Hall–Kier alpha value is -3.24. The maximum atomic E-state index is 13.1. The minimum Gasteiger partial charge on any atom is -0.395 e. The van der Waals surface area contributed by atoms with Crippen molar-refractivity contribution in [2.24, 2.45) is 26.1 Å². The van der Waals surface area contributed by atoms with Gasteiger partial charge in [-0.3, -0.25) is 0 Å². The predicted molar refractivity (Wildman–Crippen MR) is 121 cm³/mol. The number of nitrogens with zero attached hydrogens (tertiary/aromatic N) is 4. The Morgan fingerprint density at radius 3 is 2.52 bits per heavy atom. The van der Waals surface area contributed by atoms with Gasteiger partial charge in [-0.05, 0) is 17.7 Å². The fourth-order valence-corrected chi connectivity index (χ4v) is 6.66. The first-order chi connectivity index (χ1) is 15.5. The van der Waals surface area contributed by atoms with Crippen molar-refractivity contribution < 1.29 is 21.9 Å². The van der Waals surface area contributed by atoms with Crippen LogP contribution in [-0.4, -0.2) is 62.8 Å². The molecule has 33 heavy (non-hydrogen) atoms. The summed E-state index contributed by atoms with van der Waals surface area (Å²) in [6, 6.07) is 6.49. The van der Waals surface area contributed by atoms with Crippen LogP contribution in [-0.2, 0) is 19.9 Å². The molecule has 0 spiro atoms. The number of nitrogens with two attached hydrogens (primary N) is 3. The third-order valence-electron chi connectivity index (χ3n) is 4.90. The molecule has 3 aromatic rings. The van der Waals surface area contributed by atoms with Gasteiger partial charge in [0, 0.05) is 11.6 Å². The highest BCUT2D eigenvalue weighted by Crippen LogP contribution is 2.37. The lowest BCUT2D eigenvalue weighted by molar-refractivity contribution is 0.274. The van der Waals surface area contributed by atoms with Crippen molar-refractivity contribution in [1.29, 1.82) is 0 Å². The zero-order chi connectivity index (χ0) is 24.0. The van der Waals surface area contributed by atoms with Gasteiger partial charge in [-0.25, -0.2) is 32.0 Å². The van der Waals surface area contributed by atoms with Gasteiger partial charge >= 0.3 is 0 Å². The fraction of sp³-hybridized carbons (Fsp3) is 0.222. The average Bonchev–Trinajstić information content (AvgIpc) is 3.40. The Labute approximate surface area is 188 Å². The van der Waals surface area contributed by atoms with E-state index in [1.807, 2.05) is 0 Å². The number of nitrogen functional groups attached to an aromatic ring is 1. The monoisotopic (exact) mass is 492 g/mol. The molecule has 1 atom stereocenters. The number of primary sulfonamides is 1. The van der Waals surface area contributed by atoms with Crippen LogP contribution >= 0.6 is 0 Å². The van der Waals surface area contributed by atoms with Gasteiger partial charge in [0.25, 0.3) is 0 Å². The second kappa shape index (κ2) is 8.27. The molecule has 15 heteroatoms. The quantitative estimate of drug-likeness (QED) is 0.293. The minimum absolute atomic E-state index is 0.0647. The number of H-pyrrole nitrogens is 1. The van der Waals surface area contributed by atoms with Crippen molar-refractivity contribution in [3.63, 3.8) is 0 Å². The first-order valence-corrected chi connectivity index (χ1v) is 12.7. The molecule has 0 saturated carbocycles. The molecule has 4 rings (SSSR count). The standard InChI is InChI=1S/C18H20N8O5S2/c19-9(6-27)7-32(28,29)13-5-4-10(11-2-1-3-12-15(11)25-18(20)24-12)14(16(13)33(21,30)31)17-22-8-23-26-17/h1-5,9,27H,6-8,19H2,(H3,20,24,25)(H2,21,30,31)/t9-/m1/s1. The van der Waals surface area contributed by atoms with Crippen LogP contribution in [0, 0.1) is 0 Å². The van der Waals surface area contributed by atoms with Crippen molar-refractivity contribution >= 4 is 42.7 Å². The second-order valence-electron chi connectivity index (χ2n) is 7.27. The van der Waals surface area contributed by atoms with Crippen LogP contribution in [0.3, 0.4) is 0 Å². The molecule has 0 saturated heterocycles. The van der Waals surface area contributed by atoms with Gasteiger partial charge in [0.2, 0.25) is 10.0 Å². The summed E-state index contributed by atoms with van der Waals surface area (Å²) in [5.41, 5.74) is 13.0. The van der Waals surface area contributed by atoms with Gasteiger partial charge in [0.15, 0.2) is 28.3 Å². The molecule has 0 unspecified atom stereocenters. The van der Waals surface area contributed by atoms with Gasteiger partial charge in [-0.1, -0.05) is 18.2 Å². The molecule has 1 aliphatic rings. The number of sulfone groups is 1. The minimum atomic E-state index is -4.62. The Bertz CT molecular complexity index is 1530. The van der Waals surface area contributed by atoms with Gasteiger partial charge in [0.1, 0.15) is 4.90 Å². The van der Waals surface area contributed by atoms with Crippen molar-refractivity contribution in [3.05, 3.63) is 35.9 Å². The molecule has 174 valence electrons. The number of benzene rings is 2. The van der Waals surface area contributed by atoms with Crippen molar-refractivity contribution in [2.75, 3.05) is 24.8 Å². The molecule has 1 aromatic heterocycles. The Balaban J connectivity index is 2.11. The van der Waals surface area contributed by atoms with Crippen LogP contribution in [0.15, 0.2) is 55.3 Å². The van der Waals surface area contributed by atoms with Crippen LogP contribution in [0.25, 0.3) is 22.2 Å². The molecule has 2 heterocycles. The number of aliphatic hydroxyl groups is 1. The zero-order valence-electron chi connectivity index (χ0n) is 17.0. The molecule has 8 N–H and O–H groups in total. The summed E-state index contributed by atoms with van der Waals surface area (Å²) < 4.78 is 51.6. The topological polar surface area (TPSA) is 232 Å². The van der Waals surface area contributed by atoms with Crippen molar-refractivity contribution in [2.45, 2.75) is 15.8 Å². The highest BCUT2D eigenvalue weighted by Gasteiger charge is 2.33. The summed E-state index contributed by atoms with van der Waals surface area (Å²) >= 11 is 0. The molecule has 0 amide bonds. The second-order valence-corrected chi connectivity index (χ2v) is 10.8. The van der Waals surface area contributed by atoms with E-state index >= 15 is 0 Å². The van der Waals surface area contributed by atoms with E-state index in [-0.39, 0.29) is 29.6 Å². The predicted octanol–water partition coefficient (Wildman–Crippen LogP) is -0.277. The lowest BCUT2D eigenvalue weighted by atomic mass is 9.97. The number of para-hydroxylation sites is 1. The summed E-state index contributed by atoms with van der Waals surface area (Å²) in [7, 11) is -8.91. The molecular weight excluding hydrogens is 472 g/mol. The van der Waals surface area contributed by atoms with E-state index in [1.165, 1.54) is 6.07 Å².